The van der Waals surface area contributed by atoms with Crippen LogP contribution in [0.15, 0.2) is 97.3 Å². The topological polar surface area (TPSA) is 106 Å². The van der Waals surface area contributed by atoms with Gasteiger partial charge in [0.05, 0.1) is 11.9 Å². The molecule has 7 nitrogen and oxygen atoms in total. The molecule has 0 aliphatic heterocycles. The largest absolute Gasteiger partial charge is 0.364 e. The molecular formula is C27H22N6O. The van der Waals surface area contributed by atoms with E-state index < -0.39 is 6.03 Å². The number of nitrogens with two attached hydrogens (primary N) is 1. The van der Waals surface area contributed by atoms with Crippen molar-refractivity contribution in [3.8, 4) is 22.4 Å². The number of primary amides is 1. The van der Waals surface area contributed by atoms with Gasteiger partial charge in [-0.25, -0.2) is 4.79 Å². The second-order valence-electron chi connectivity index (χ2n) is 7.78. The third-order valence-corrected chi connectivity index (χ3v) is 5.47. The zero-order valence-electron chi connectivity index (χ0n) is 18.3. The summed E-state index contributed by atoms with van der Waals surface area (Å²) in [5.41, 5.74) is 10.4. The summed E-state index contributed by atoms with van der Waals surface area (Å²) in [6, 6.07) is 27.6. The highest BCUT2D eigenvalue weighted by Gasteiger charge is 2.16. The van der Waals surface area contributed by atoms with Crippen LogP contribution in [0.4, 0.5) is 16.3 Å². The fourth-order valence-corrected chi connectivity index (χ4v) is 3.97. The van der Waals surface area contributed by atoms with E-state index in [-0.39, 0.29) is 0 Å². The van der Waals surface area contributed by atoms with Gasteiger partial charge in [0.1, 0.15) is 5.69 Å². The second-order valence-corrected chi connectivity index (χ2v) is 7.78. The van der Waals surface area contributed by atoms with Gasteiger partial charge in [-0.2, -0.15) is 0 Å². The molecule has 0 atom stereocenters. The number of amides is 2. The maximum atomic E-state index is 11.3. The van der Waals surface area contributed by atoms with E-state index in [1.165, 1.54) is 6.20 Å². The maximum absolute atomic E-state index is 11.3. The molecule has 2 amide bonds. The molecule has 2 aromatic heterocycles. The Labute approximate surface area is 196 Å². The molecule has 2 heterocycles. The van der Waals surface area contributed by atoms with Crippen LogP contribution in [0, 0.1) is 0 Å². The molecule has 0 aliphatic rings. The maximum Gasteiger partial charge on any atom is 0.316 e. The number of urea groups is 1. The lowest BCUT2D eigenvalue weighted by atomic mass is 9.96. The zero-order valence-corrected chi connectivity index (χ0v) is 18.3. The van der Waals surface area contributed by atoms with Crippen LogP contribution in [-0.4, -0.2) is 21.2 Å². The lowest BCUT2D eigenvalue weighted by Crippen LogP contribution is -2.19. The van der Waals surface area contributed by atoms with Gasteiger partial charge >= 0.3 is 6.03 Å². The molecule has 4 N–H and O–H groups in total. The van der Waals surface area contributed by atoms with Crippen LogP contribution >= 0.6 is 0 Å². The van der Waals surface area contributed by atoms with Crippen LogP contribution in [-0.2, 0) is 6.54 Å². The number of carbonyl (C=O) groups excluding carboxylic acids is 1. The van der Waals surface area contributed by atoms with Crippen molar-refractivity contribution in [3.63, 3.8) is 0 Å². The summed E-state index contributed by atoms with van der Waals surface area (Å²) < 4.78 is 0. The normalized spacial score (nSPS) is 10.7. The summed E-state index contributed by atoms with van der Waals surface area (Å²) in [4.78, 5) is 15.6. The predicted molar refractivity (Wildman–Crippen MR) is 135 cm³/mol. The van der Waals surface area contributed by atoms with E-state index in [2.05, 4.69) is 56.1 Å². The molecule has 34 heavy (non-hydrogen) atoms. The van der Waals surface area contributed by atoms with Gasteiger partial charge in [-0.3, -0.25) is 4.98 Å². The number of fused-ring (bicyclic) bond motifs is 1. The van der Waals surface area contributed by atoms with Gasteiger partial charge < -0.3 is 16.4 Å². The van der Waals surface area contributed by atoms with Crippen molar-refractivity contribution in [2.45, 2.75) is 6.54 Å². The molecular weight excluding hydrogens is 424 g/mol. The van der Waals surface area contributed by atoms with E-state index in [9.17, 15) is 4.79 Å². The highest BCUT2D eigenvalue weighted by molar-refractivity contribution is 6.08. The van der Waals surface area contributed by atoms with E-state index in [0.717, 1.165) is 33.0 Å². The first kappa shape index (κ1) is 21.1. The summed E-state index contributed by atoms with van der Waals surface area (Å²) in [6.07, 6.45) is 3.23. The lowest BCUT2D eigenvalue weighted by molar-refractivity contribution is 0.259. The van der Waals surface area contributed by atoms with Crippen LogP contribution in [0.3, 0.4) is 0 Å². The van der Waals surface area contributed by atoms with E-state index in [0.29, 0.717) is 23.7 Å². The number of nitrogens with one attached hydrogen (secondary N) is 2. The molecule has 0 aliphatic carbocycles. The van der Waals surface area contributed by atoms with Crippen molar-refractivity contribution in [2.75, 3.05) is 10.6 Å². The molecule has 0 bridgehead atoms. The smallest absolute Gasteiger partial charge is 0.316 e. The Morgan fingerprint density at radius 2 is 1.59 bits per heavy atom. The van der Waals surface area contributed by atoms with Crippen LogP contribution in [0.5, 0.6) is 0 Å². The van der Waals surface area contributed by atoms with Crippen molar-refractivity contribution >= 4 is 28.3 Å². The molecule has 0 spiro atoms. The van der Waals surface area contributed by atoms with Crippen LogP contribution < -0.4 is 16.4 Å². The summed E-state index contributed by atoms with van der Waals surface area (Å²) in [7, 11) is 0. The van der Waals surface area contributed by atoms with Gasteiger partial charge in [-0.1, -0.05) is 78.9 Å². The summed E-state index contributed by atoms with van der Waals surface area (Å²) in [6.45, 7) is 0.618. The minimum absolute atomic E-state index is 0.491. The van der Waals surface area contributed by atoms with Gasteiger partial charge in [0.25, 0.3) is 0 Å². The van der Waals surface area contributed by atoms with Crippen molar-refractivity contribution in [1.29, 1.82) is 0 Å². The quantitative estimate of drug-likeness (QED) is 0.321. The Kier molecular flexibility index (Phi) is 5.82. The molecule has 0 saturated heterocycles. The number of aromatic nitrogens is 3. The number of hydrogen-bond donors (Lipinski definition) is 3. The summed E-state index contributed by atoms with van der Waals surface area (Å²) in [5.74, 6) is 0.696. The second kappa shape index (κ2) is 9.38. The molecule has 3 aromatic carbocycles. The Bertz CT molecular complexity index is 1450. The molecule has 7 heteroatoms. The Morgan fingerprint density at radius 3 is 2.35 bits per heavy atom. The molecule has 0 radical (unpaired) electrons. The van der Waals surface area contributed by atoms with Gasteiger partial charge in [-0.05, 0) is 22.8 Å². The van der Waals surface area contributed by atoms with Crippen LogP contribution in [0.25, 0.3) is 33.2 Å². The number of rotatable bonds is 6. The van der Waals surface area contributed by atoms with Gasteiger partial charge in [-0.15, -0.1) is 10.2 Å². The highest BCUT2D eigenvalue weighted by atomic mass is 16.2. The third-order valence-electron chi connectivity index (χ3n) is 5.47. The number of anilines is 2. The van der Waals surface area contributed by atoms with E-state index in [4.69, 9.17) is 5.73 Å². The van der Waals surface area contributed by atoms with Gasteiger partial charge in [0.2, 0.25) is 0 Å². The Balaban J connectivity index is 1.67. The van der Waals surface area contributed by atoms with Crippen molar-refractivity contribution in [1.82, 2.24) is 15.2 Å². The molecule has 0 unspecified atom stereocenters. The number of nitrogens with zero attached hydrogens (tertiary/aromatic N) is 3. The van der Waals surface area contributed by atoms with Crippen molar-refractivity contribution in [3.05, 3.63) is 103 Å². The third kappa shape index (κ3) is 4.40. The van der Waals surface area contributed by atoms with Gasteiger partial charge in [0.15, 0.2) is 5.82 Å². The van der Waals surface area contributed by atoms with Crippen molar-refractivity contribution < 1.29 is 4.79 Å². The predicted octanol–water partition coefficient (Wildman–Crippen LogP) is 5.46. The van der Waals surface area contributed by atoms with Crippen LogP contribution in [0.1, 0.15) is 5.56 Å². The Morgan fingerprint density at radius 1 is 0.824 bits per heavy atom. The number of carbonyl (C=O) groups is 1. The van der Waals surface area contributed by atoms with E-state index in [1.807, 2.05) is 48.5 Å². The first-order chi connectivity index (χ1) is 16.7. The van der Waals surface area contributed by atoms with Crippen molar-refractivity contribution in [2.24, 2.45) is 5.73 Å². The summed E-state index contributed by atoms with van der Waals surface area (Å²) >= 11 is 0. The fraction of sp³-hybridized carbons (Fsp3) is 0.0370. The monoisotopic (exact) mass is 446 g/mol. The first-order valence-corrected chi connectivity index (χ1v) is 10.8. The number of hydrogen-bond acceptors (Lipinski definition) is 5. The molecule has 5 aromatic rings. The summed E-state index contributed by atoms with van der Waals surface area (Å²) in [5, 5.41) is 17.0. The molecule has 0 fully saturated rings. The zero-order chi connectivity index (χ0) is 23.3. The SMILES string of the molecule is NC(=O)Nc1cncc(-c2nnc(NCc3ccccc3)c3c(-c4ccccc4)cccc23)c1. The average Bonchev–Trinajstić information content (AvgIpc) is 2.88. The molecule has 166 valence electrons. The minimum Gasteiger partial charge on any atom is -0.364 e. The molecule has 5 rings (SSSR count). The van der Waals surface area contributed by atoms with Crippen LogP contribution in [0.2, 0.25) is 0 Å². The van der Waals surface area contributed by atoms with E-state index in [1.54, 1.807) is 12.3 Å². The number of benzene rings is 3. The minimum atomic E-state index is -0.651. The van der Waals surface area contributed by atoms with E-state index >= 15 is 0 Å². The Hall–Kier alpha value is -4.78. The average molecular weight is 447 g/mol. The highest BCUT2D eigenvalue weighted by Crippen LogP contribution is 2.37. The van der Waals surface area contributed by atoms with Gasteiger partial charge in [0, 0.05) is 29.1 Å². The standard InChI is InChI=1S/C27H22N6O/c28-27(34)31-21-14-20(16-29-17-21)25-23-13-7-12-22(19-10-5-2-6-11-19)24(23)26(33-32-25)30-15-18-8-3-1-4-9-18/h1-14,16-17H,15H2,(H,30,33)(H3,28,31,34). The lowest BCUT2D eigenvalue weighted by Gasteiger charge is -2.15. The fourth-order valence-electron chi connectivity index (χ4n) is 3.97. The first-order valence-electron chi connectivity index (χ1n) is 10.8. The molecule has 0 saturated carbocycles. The number of pyridine rings is 1.